The molecule has 0 saturated carbocycles. The second-order valence-electron chi connectivity index (χ2n) is 4.46. The molecule has 0 fully saturated rings. The number of allylic oxidation sites excluding steroid dienone is 1. The minimum atomic E-state index is -0.804. The Balaban J connectivity index is 2.17. The van der Waals surface area contributed by atoms with Crippen molar-refractivity contribution in [1.29, 1.82) is 0 Å². The Hall–Kier alpha value is -2.35. The molecule has 2 nitrogen and oxygen atoms in total. The van der Waals surface area contributed by atoms with Crippen LogP contribution < -0.4 is 0 Å². The van der Waals surface area contributed by atoms with Gasteiger partial charge in [0.1, 0.15) is 0 Å². The third kappa shape index (κ3) is 3.55. The molecule has 0 aliphatic rings. The van der Waals surface area contributed by atoms with E-state index in [1.165, 1.54) is 5.56 Å². The van der Waals surface area contributed by atoms with Crippen LogP contribution in [-0.4, -0.2) is 11.1 Å². The van der Waals surface area contributed by atoms with Gasteiger partial charge in [-0.15, -0.1) is 6.58 Å². The molecule has 0 radical (unpaired) electrons. The quantitative estimate of drug-likeness (QED) is 0.824. The molecule has 2 rings (SSSR count). The van der Waals surface area contributed by atoms with E-state index in [4.69, 9.17) is 5.11 Å². The second-order valence-corrected chi connectivity index (χ2v) is 4.46. The zero-order chi connectivity index (χ0) is 13.7. The van der Waals surface area contributed by atoms with Crippen LogP contribution in [0, 0.1) is 0 Å². The van der Waals surface area contributed by atoms with Gasteiger partial charge in [-0.3, -0.25) is 4.79 Å². The first-order chi connectivity index (χ1) is 9.19. The first kappa shape index (κ1) is 13.1. The first-order valence-electron chi connectivity index (χ1n) is 6.20. The monoisotopic (exact) mass is 252 g/mol. The highest BCUT2D eigenvalue weighted by Crippen LogP contribution is 2.20. The SMILES string of the molecule is C=CCc1ccc(-c2ccc(CC(=O)O)cc2)cc1. The molecule has 0 heterocycles. The van der Waals surface area contributed by atoms with Crippen molar-refractivity contribution < 1.29 is 9.90 Å². The van der Waals surface area contributed by atoms with Gasteiger partial charge in [0, 0.05) is 0 Å². The lowest BCUT2D eigenvalue weighted by atomic mass is 10.0. The topological polar surface area (TPSA) is 37.3 Å². The van der Waals surface area contributed by atoms with Crippen LogP contribution in [0.1, 0.15) is 11.1 Å². The van der Waals surface area contributed by atoms with Gasteiger partial charge < -0.3 is 5.11 Å². The van der Waals surface area contributed by atoms with E-state index in [9.17, 15) is 4.79 Å². The summed E-state index contributed by atoms with van der Waals surface area (Å²) in [6, 6.07) is 16.0. The average Bonchev–Trinajstić information content (AvgIpc) is 2.40. The molecule has 2 aromatic rings. The van der Waals surface area contributed by atoms with Gasteiger partial charge in [0.2, 0.25) is 0 Å². The van der Waals surface area contributed by atoms with Crippen LogP contribution in [0.15, 0.2) is 61.2 Å². The minimum absolute atomic E-state index is 0.0680. The third-order valence-electron chi connectivity index (χ3n) is 2.98. The van der Waals surface area contributed by atoms with Crippen LogP contribution in [0.3, 0.4) is 0 Å². The molecule has 96 valence electrons. The number of carboxylic acids is 1. The number of hydrogen-bond acceptors (Lipinski definition) is 1. The largest absolute Gasteiger partial charge is 0.481 e. The van der Waals surface area contributed by atoms with Crippen LogP contribution in [0.2, 0.25) is 0 Å². The fourth-order valence-corrected chi connectivity index (χ4v) is 1.99. The van der Waals surface area contributed by atoms with E-state index in [2.05, 4.69) is 30.8 Å². The van der Waals surface area contributed by atoms with Crippen molar-refractivity contribution in [2.45, 2.75) is 12.8 Å². The Morgan fingerprint density at radius 3 is 1.84 bits per heavy atom. The van der Waals surface area contributed by atoms with Crippen molar-refractivity contribution in [3.05, 3.63) is 72.3 Å². The molecule has 0 bridgehead atoms. The molecule has 19 heavy (non-hydrogen) atoms. The van der Waals surface area contributed by atoms with Gasteiger partial charge in [0.05, 0.1) is 6.42 Å². The fraction of sp³-hybridized carbons (Fsp3) is 0.118. The van der Waals surface area contributed by atoms with E-state index in [0.29, 0.717) is 0 Å². The molecule has 2 heteroatoms. The Bertz CT molecular complexity index is 565. The van der Waals surface area contributed by atoms with Crippen molar-refractivity contribution in [2.75, 3.05) is 0 Å². The summed E-state index contributed by atoms with van der Waals surface area (Å²) in [6.07, 6.45) is 2.83. The highest BCUT2D eigenvalue weighted by Gasteiger charge is 2.02. The smallest absolute Gasteiger partial charge is 0.307 e. The van der Waals surface area contributed by atoms with Crippen LogP contribution in [-0.2, 0) is 17.6 Å². The summed E-state index contributed by atoms with van der Waals surface area (Å²) in [5, 5.41) is 8.73. The predicted molar refractivity (Wildman–Crippen MR) is 77.1 cm³/mol. The van der Waals surface area contributed by atoms with Gasteiger partial charge in [0.25, 0.3) is 0 Å². The molecule has 0 aliphatic carbocycles. The Labute approximate surface area is 113 Å². The summed E-state index contributed by atoms with van der Waals surface area (Å²) in [5.74, 6) is -0.804. The van der Waals surface area contributed by atoms with E-state index in [0.717, 1.165) is 23.1 Å². The first-order valence-corrected chi connectivity index (χ1v) is 6.20. The second kappa shape index (κ2) is 6.01. The summed E-state index contributed by atoms with van der Waals surface area (Å²) in [4.78, 5) is 10.6. The van der Waals surface area contributed by atoms with Gasteiger partial charge in [-0.2, -0.15) is 0 Å². The van der Waals surface area contributed by atoms with Crippen molar-refractivity contribution >= 4 is 5.97 Å². The summed E-state index contributed by atoms with van der Waals surface area (Å²) in [6.45, 7) is 3.72. The molecule has 0 atom stereocenters. The normalized spacial score (nSPS) is 10.1. The van der Waals surface area contributed by atoms with Crippen LogP contribution in [0.25, 0.3) is 11.1 Å². The molecule has 2 aromatic carbocycles. The van der Waals surface area contributed by atoms with Crippen molar-refractivity contribution in [3.8, 4) is 11.1 Å². The van der Waals surface area contributed by atoms with E-state index in [1.807, 2.05) is 30.3 Å². The van der Waals surface area contributed by atoms with E-state index in [1.54, 1.807) is 0 Å². The Kier molecular flexibility index (Phi) is 4.14. The van der Waals surface area contributed by atoms with Gasteiger partial charge in [-0.1, -0.05) is 54.6 Å². The maximum absolute atomic E-state index is 10.6. The molecule has 1 N–H and O–H groups in total. The molecule has 0 spiro atoms. The van der Waals surface area contributed by atoms with E-state index >= 15 is 0 Å². The fourth-order valence-electron chi connectivity index (χ4n) is 1.99. The number of carboxylic acid groups (broad SMARTS) is 1. The molecule has 0 saturated heterocycles. The zero-order valence-corrected chi connectivity index (χ0v) is 10.7. The average molecular weight is 252 g/mol. The maximum Gasteiger partial charge on any atom is 0.307 e. The lowest BCUT2D eigenvalue weighted by Gasteiger charge is -2.04. The molecule has 0 aromatic heterocycles. The van der Waals surface area contributed by atoms with Crippen molar-refractivity contribution in [3.63, 3.8) is 0 Å². The lowest BCUT2D eigenvalue weighted by Crippen LogP contribution is -1.99. The van der Waals surface area contributed by atoms with E-state index in [-0.39, 0.29) is 6.42 Å². The maximum atomic E-state index is 10.6. The number of rotatable bonds is 5. The summed E-state index contributed by atoms with van der Waals surface area (Å²) in [5.41, 5.74) is 4.29. The molecular weight excluding hydrogens is 236 g/mol. The van der Waals surface area contributed by atoms with Gasteiger partial charge in [0.15, 0.2) is 0 Å². The Morgan fingerprint density at radius 1 is 0.947 bits per heavy atom. The van der Waals surface area contributed by atoms with Crippen LogP contribution >= 0.6 is 0 Å². The van der Waals surface area contributed by atoms with Gasteiger partial charge >= 0.3 is 5.97 Å². The highest BCUT2D eigenvalue weighted by atomic mass is 16.4. The Morgan fingerprint density at radius 2 is 1.42 bits per heavy atom. The van der Waals surface area contributed by atoms with Crippen molar-refractivity contribution in [1.82, 2.24) is 0 Å². The standard InChI is InChI=1S/C17H16O2/c1-2-3-13-4-8-15(9-5-13)16-10-6-14(7-11-16)12-17(18)19/h2,4-11H,1,3,12H2,(H,18,19). The van der Waals surface area contributed by atoms with Crippen LogP contribution in [0.5, 0.6) is 0 Å². The number of hydrogen-bond donors (Lipinski definition) is 1. The van der Waals surface area contributed by atoms with Crippen molar-refractivity contribution in [2.24, 2.45) is 0 Å². The molecular formula is C17H16O2. The summed E-state index contributed by atoms with van der Waals surface area (Å²) >= 11 is 0. The summed E-state index contributed by atoms with van der Waals surface area (Å²) in [7, 11) is 0. The van der Waals surface area contributed by atoms with Crippen LogP contribution in [0.4, 0.5) is 0 Å². The lowest BCUT2D eigenvalue weighted by molar-refractivity contribution is -0.136. The minimum Gasteiger partial charge on any atom is -0.481 e. The third-order valence-corrected chi connectivity index (χ3v) is 2.98. The van der Waals surface area contributed by atoms with Gasteiger partial charge in [-0.05, 0) is 28.7 Å². The van der Waals surface area contributed by atoms with E-state index < -0.39 is 5.97 Å². The molecule has 0 aliphatic heterocycles. The predicted octanol–water partition coefficient (Wildman–Crippen LogP) is 3.71. The molecule has 0 unspecified atom stereocenters. The highest BCUT2D eigenvalue weighted by molar-refractivity contribution is 5.71. The molecule has 0 amide bonds. The number of aliphatic carboxylic acids is 1. The van der Waals surface area contributed by atoms with Gasteiger partial charge in [-0.25, -0.2) is 0 Å². The zero-order valence-electron chi connectivity index (χ0n) is 10.7. The number of carbonyl (C=O) groups is 1. The number of benzene rings is 2. The summed E-state index contributed by atoms with van der Waals surface area (Å²) < 4.78 is 0.